The van der Waals surface area contributed by atoms with Gasteiger partial charge in [0.15, 0.2) is 17.4 Å². The van der Waals surface area contributed by atoms with Crippen LogP contribution >= 0.6 is 0 Å². The zero-order valence-electron chi connectivity index (χ0n) is 7.84. The fourth-order valence-electron chi connectivity index (χ4n) is 1.48. The van der Waals surface area contributed by atoms with Crippen LogP contribution in [0.15, 0.2) is 12.1 Å². The number of hydrogen-bond donors (Lipinski definition) is 1. The minimum absolute atomic E-state index is 0.0587. The summed E-state index contributed by atoms with van der Waals surface area (Å²) in [4.78, 5) is 0. The fraction of sp³-hybridized carbons (Fsp3) is 0.400. The second-order valence-corrected chi connectivity index (χ2v) is 3.64. The number of hydrogen-bond acceptors (Lipinski definition) is 2. The molecule has 0 radical (unpaired) electrons. The Labute approximate surface area is 84.8 Å². The van der Waals surface area contributed by atoms with Crippen molar-refractivity contribution in [2.24, 2.45) is 5.73 Å². The maximum absolute atomic E-state index is 13.1. The Bertz CT molecular complexity index is 377. The smallest absolute Gasteiger partial charge is 0.203 e. The molecule has 0 spiro atoms. The third-order valence-electron chi connectivity index (χ3n) is 2.42. The molecule has 0 atom stereocenters. The molecule has 0 aliphatic heterocycles. The molecule has 1 saturated carbocycles. The van der Waals surface area contributed by atoms with Crippen LogP contribution in [-0.4, -0.2) is 12.1 Å². The van der Waals surface area contributed by atoms with Gasteiger partial charge in [-0.05, 0) is 25.0 Å². The second kappa shape index (κ2) is 3.73. The van der Waals surface area contributed by atoms with Crippen LogP contribution in [0.4, 0.5) is 13.2 Å². The van der Waals surface area contributed by atoms with Crippen molar-refractivity contribution >= 4 is 0 Å². The van der Waals surface area contributed by atoms with Crippen molar-refractivity contribution < 1.29 is 17.9 Å². The maximum atomic E-state index is 13.1. The molecular weight excluding hydrogens is 207 g/mol. The maximum Gasteiger partial charge on any atom is 0.203 e. The van der Waals surface area contributed by atoms with E-state index in [1.165, 1.54) is 0 Å². The topological polar surface area (TPSA) is 35.2 Å². The Hall–Kier alpha value is -1.23. The average Bonchev–Trinajstić information content (AvgIpc) is 2.16. The van der Waals surface area contributed by atoms with Crippen molar-refractivity contribution in [2.75, 3.05) is 0 Å². The average molecular weight is 217 g/mol. The van der Waals surface area contributed by atoms with Crippen molar-refractivity contribution in [2.45, 2.75) is 25.0 Å². The third kappa shape index (κ3) is 1.92. The first-order chi connectivity index (χ1) is 7.08. The highest BCUT2D eigenvalue weighted by Crippen LogP contribution is 2.28. The summed E-state index contributed by atoms with van der Waals surface area (Å²) in [5, 5.41) is 0. The summed E-state index contributed by atoms with van der Waals surface area (Å²) in [6.07, 6.45) is 1.02. The molecule has 2 N–H and O–H groups in total. The van der Waals surface area contributed by atoms with E-state index in [9.17, 15) is 13.2 Å². The summed E-state index contributed by atoms with van der Waals surface area (Å²) in [7, 11) is 0. The van der Waals surface area contributed by atoms with Gasteiger partial charge in [-0.25, -0.2) is 8.78 Å². The van der Waals surface area contributed by atoms with Gasteiger partial charge < -0.3 is 10.5 Å². The zero-order valence-corrected chi connectivity index (χ0v) is 7.84. The van der Waals surface area contributed by atoms with Crippen LogP contribution in [0.2, 0.25) is 0 Å². The monoisotopic (exact) mass is 217 g/mol. The molecule has 0 heterocycles. The molecule has 82 valence electrons. The molecule has 2 nitrogen and oxygen atoms in total. The van der Waals surface area contributed by atoms with Crippen LogP contribution in [0.1, 0.15) is 12.8 Å². The lowest BCUT2D eigenvalue weighted by atomic mass is 9.90. The van der Waals surface area contributed by atoms with Crippen molar-refractivity contribution in [1.82, 2.24) is 0 Å². The van der Waals surface area contributed by atoms with Gasteiger partial charge in [-0.15, -0.1) is 0 Å². The van der Waals surface area contributed by atoms with Crippen molar-refractivity contribution in [1.29, 1.82) is 0 Å². The van der Waals surface area contributed by atoms with Crippen LogP contribution in [0.25, 0.3) is 0 Å². The molecule has 0 unspecified atom stereocenters. The minimum atomic E-state index is -1.50. The lowest BCUT2D eigenvalue weighted by Gasteiger charge is -2.32. The standard InChI is InChI=1S/C10H10F3NO/c11-7-1-2-8(10(13)9(7)12)15-6-3-5(14)4-6/h1-2,5-6H,3-4,14H2. The molecule has 1 fully saturated rings. The van der Waals surface area contributed by atoms with E-state index in [1.807, 2.05) is 0 Å². The van der Waals surface area contributed by atoms with Gasteiger partial charge in [0.1, 0.15) is 6.10 Å². The van der Waals surface area contributed by atoms with E-state index in [1.54, 1.807) is 0 Å². The van der Waals surface area contributed by atoms with Crippen molar-refractivity contribution in [3.63, 3.8) is 0 Å². The number of benzene rings is 1. The molecule has 1 aromatic rings. The van der Waals surface area contributed by atoms with E-state index in [-0.39, 0.29) is 17.9 Å². The summed E-state index contributed by atoms with van der Waals surface area (Å²) in [6, 6.07) is 1.98. The first-order valence-electron chi connectivity index (χ1n) is 4.63. The highest BCUT2D eigenvalue weighted by Gasteiger charge is 2.29. The second-order valence-electron chi connectivity index (χ2n) is 3.64. The molecule has 0 amide bonds. The summed E-state index contributed by atoms with van der Waals surface area (Å²) in [5.41, 5.74) is 5.51. The van der Waals surface area contributed by atoms with Crippen LogP contribution in [-0.2, 0) is 0 Å². The Balaban J connectivity index is 2.12. The number of halogens is 3. The van der Waals surface area contributed by atoms with E-state index in [2.05, 4.69) is 0 Å². The number of nitrogens with two attached hydrogens (primary N) is 1. The number of ether oxygens (including phenoxy) is 1. The fourth-order valence-corrected chi connectivity index (χ4v) is 1.48. The molecule has 5 heteroatoms. The van der Waals surface area contributed by atoms with Gasteiger partial charge in [0, 0.05) is 6.04 Å². The quantitative estimate of drug-likeness (QED) is 0.768. The Kier molecular flexibility index (Phi) is 2.56. The Morgan fingerprint density at radius 3 is 2.40 bits per heavy atom. The first kappa shape index (κ1) is 10.3. The van der Waals surface area contributed by atoms with Gasteiger partial charge in [0.2, 0.25) is 5.82 Å². The van der Waals surface area contributed by atoms with Crippen LogP contribution in [0.5, 0.6) is 5.75 Å². The Morgan fingerprint density at radius 1 is 1.13 bits per heavy atom. The Morgan fingerprint density at radius 2 is 1.80 bits per heavy atom. The van der Waals surface area contributed by atoms with Gasteiger partial charge in [0.25, 0.3) is 0 Å². The van der Waals surface area contributed by atoms with Crippen molar-refractivity contribution in [3.05, 3.63) is 29.6 Å². The van der Waals surface area contributed by atoms with Gasteiger partial charge in [-0.1, -0.05) is 0 Å². The van der Waals surface area contributed by atoms with Crippen LogP contribution < -0.4 is 10.5 Å². The largest absolute Gasteiger partial charge is 0.487 e. The van der Waals surface area contributed by atoms with E-state index >= 15 is 0 Å². The normalized spacial score (nSPS) is 24.8. The summed E-state index contributed by atoms with van der Waals surface area (Å²) in [6.45, 7) is 0. The predicted octanol–water partition coefficient (Wildman–Crippen LogP) is 1.97. The van der Waals surface area contributed by atoms with E-state index in [0.29, 0.717) is 12.8 Å². The van der Waals surface area contributed by atoms with Gasteiger partial charge in [-0.2, -0.15) is 4.39 Å². The molecule has 1 aliphatic carbocycles. The predicted molar refractivity (Wildman–Crippen MR) is 47.9 cm³/mol. The lowest BCUT2D eigenvalue weighted by Crippen LogP contribution is -2.43. The molecule has 1 aromatic carbocycles. The molecule has 0 bridgehead atoms. The summed E-state index contributed by atoms with van der Waals surface area (Å²) < 4.78 is 43.6. The first-order valence-corrected chi connectivity index (χ1v) is 4.63. The van der Waals surface area contributed by atoms with Gasteiger partial charge in [-0.3, -0.25) is 0 Å². The molecule has 15 heavy (non-hydrogen) atoms. The summed E-state index contributed by atoms with van der Waals surface area (Å²) in [5.74, 6) is -4.26. The van der Waals surface area contributed by atoms with Crippen LogP contribution in [0.3, 0.4) is 0 Å². The van der Waals surface area contributed by atoms with Gasteiger partial charge in [0.05, 0.1) is 0 Å². The van der Waals surface area contributed by atoms with E-state index in [0.717, 1.165) is 12.1 Å². The molecule has 2 rings (SSSR count). The molecule has 1 aliphatic rings. The zero-order chi connectivity index (χ0) is 11.0. The number of rotatable bonds is 2. The molecule has 0 aromatic heterocycles. The third-order valence-corrected chi connectivity index (χ3v) is 2.42. The van der Waals surface area contributed by atoms with Gasteiger partial charge >= 0.3 is 0 Å². The molecular formula is C10H10F3NO. The highest BCUT2D eigenvalue weighted by molar-refractivity contribution is 5.26. The van der Waals surface area contributed by atoms with E-state index in [4.69, 9.17) is 10.5 Å². The highest BCUT2D eigenvalue weighted by atomic mass is 19.2. The molecule has 0 saturated heterocycles. The summed E-state index contributed by atoms with van der Waals surface area (Å²) >= 11 is 0. The van der Waals surface area contributed by atoms with E-state index < -0.39 is 17.5 Å². The lowest BCUT2D eigenvalue weighted by molar-refractivity contribution is 0.0949. The van der Waals surface area contributed by atoms with Crippen LogP contribution in [0, 0.1) is 17.5 Å². The minimum Gasteiger partial charge on any atom is -0.487 e. The SMILES string of the molecule is NC1CC(Oc2ccc(F)c(F)c2F)C1. The van der Waals surface area contributed by atoms with Crippen molar-refractivity contribution in [3.8, 4) is 5.75 Å².